The zero-order valence-electron chi connectivity index (χ0n) is 12.5. The summed E-state index contributed by atoms with van der Waals surface area (Å²) in [4.78, 5) is 12.1. The molecular formula is C15H16ClN3O3S. The number of hydrogen-bond acceptors (Lipinski definition) is 5. The van der Waals surface area contributed by atoms with Crippen molar-refractivity contribution in [3.05, 3.63) is 40.6 Å². The van der Waals surface area contributed by atoms with E-state index >= 15 is 0 Å². The number of anilines is 1. The van der Waals surface area contributed by atoms with Crippen LogP contribution in [0.5, 0.6) is 0 Å². The van der Waals surface area contributed by atoms with Crippen LogP contribution in [-0.4, -0.2) is 31.9 Å². The van der Waals surface area contributed by atoms with Gasteiger partial charge in [0.2, 0.25) is 0 Å². The maximum atomic E-state index is 12.1. The van der Waals surface area contributed by atoms with E-state index in [0.29, 0.717) is 22.7 Å². The van der Waals surface area contributed by atoms with Gasteiger partial charge in [-0.25, -0.2) is 8.42 Å². The lowest BCUT2D eigenvalue weighted by Gasteiger charge is -2.10. The van der Waals surface area contributed by atoms with Crippen molar-refractivity contribution in [2.75, 3.05) is 16.8 Å². The highest BCUT2D eigenvalue weighted by Crippen LogP contribution is 2.23. The molecule has 0 radical (unpaired) electrons. The van der Waals surface area contributed by atoms with Crippen LogP contribution in [0.1, 0.15) is 12.0 Å². The summed E-state index contributed by atoms with van der Waals surface area (Å²) in [5.41, 5.74) is 1.09. The molecule has 122 valence electrons. The molecule has 1 fully saturated rings. The predicted octanol–water partition coefficient (Wildman–Crippen LogP) is 1.77. The topological polar surface area (TPSA) is 99.1 Å². The van der Waals surface area contributed by atoms with Crippen LogP contribution in [-0.2, 0) is 14.6 Å². The number of hydrogen-bond donors (Lipinski definition) is 2. The number of sulfone groups is 1. The molecule has 1 heterocycles. The number of amides is 1. The van der Waals surface area contributed by atoms with Crippen molar-refractivity contribution in [3.63, 3.8) is 0 Å². The quantitative estimate of drug-likeness (QED) is 0.635. The molecule has 0 bridgehead atoms. The summed E-state index contributed by atoms with van der Waals surface area (Å²) in [6, 6.07) is 6.62. The highest BCUT2D eigenvalue weighted by molar-refractivity contribution is 7.91. The van der Waals surface area contributed by atoms with E-state index in [1.54, 1.807) is 31.2 Å². The number of rotatable bonds is 4. The molecule has 1 aliphatic rings. The van der Waals surface area contributed by atoms with E-state index in [0.717, 1.165) is 0 Å². The van der Waals surface area contributed by atoms with Gasteiger partial charge >= 0.3 is 0 Å². The molecular weight excluding hydrogens is 338 g/mol. The Kier molecular flexibility index (Phi) is 5.29. The molecule has 1 amide bonds. The summed E-state index contributed by atoms with van der Waals surface area (Å²) in [5.74, 6) is -0.447. The Morgan fingerprint density at radius 2 is 2.22 bits per heavy atom. The third-order valence-corrected chi connectivity index (χ3v) is 5.75. The number of nitrogens with one attached hydrogen (secondary N) is 2. The molecule has 1 atom stereocenters. The van der Waals surface area contributed by atoms with Gasteiger partial charge in [-0.05, 0) is 31.0 Å². The van der Waals surface area contributed by atoms with Gasteiger partial charge in [-0.15, -0.1) is 0 Å². The lowest BCUT2D eigenvalue weighted by Crippen LogP contribution is -2.27. The second-order valence-corrected chi connectivity index (χ2v) is 7.94. The maximum Gasteiger partial charge on any atom is 0.267 e. The summed E-state index contributed by atoms with van der Waals surface area (Å²) in [6.07, 6.45) is 1.73. The van der Waals surface area contributed by atoms with Crippen molar-refractivity contribution >= 4 is 33.0 Å². The van der Waals surface area contributed by atoms with Crippen LogP contribution in [0, 0.1) is 18.3 Å². The molecule has 2 N–H and O–H groups in total. The van der Waals surface area contributed by atoms with E-state index in [4.69, 9.17) is 16.9 Å². The van der Waals surface area contributed by atoms with Gasteiger partial charge in [-0.1, -0.05) is 17.7 Å². The van der Waals surface area contributed by atoms with E-state index in [1.165, 1.54) is 6.20 Å². The van der Waals surface area contributed by atoms with Gasteiger partial charge in [0.15, 0.2) is 9.84 Å². The summed E-state index contributed by atoms with van der Waals surface area (Å²) in [5, 5.41) is 15.1. The molecule has 1 unspecified atom stereocenters. The van der Waals surface area contributed by atoms with Crippen molar-refractivity contribution in [2.45, 2.75) is 19.4 Å². The Morgan fingerprint density at radius 1 is 1.48 bits per heavy atom. The largest absolute Gasteiger partial charge is 0.386 e. The van der Waals surface area contributed by atoms with Gasteiger partial charge in [0.1, 0.15) is 11.6 Å². The van der Waals surface area contributed by atoms with Crippen LogP contribution in [0.2, 0.25) is 5.02 Å². The fraction of sp³-hybridized carbons (Fsp3) is 0.333. The van der Waals surface area contributed by atoms with Crippen LogP contribution in [0.3, 0.4) is 0 Å². The fourth-order valence-electron chi connectivity index (χ4n) is 2.21. The minimum Gasteiger partial charge on any atom is -0.386 e. The SMILES string of the molecule is Cc1c(Cl)cccc1NC(=O)/C(C#N)=C\NC1CCS(=O)(=O)C1. The number of carbonyl (C=O) groups is 1. The lowest BCUT2D eigenvalue weighted by molar-refractivity contribution is -0.112. The molecule has 1 aromatic rings. The summed E-state index contributed by atoms with van der Waals surface area (Å²) in [6.45, 7) is 1.76. The zero-order valence-corrected chi connectivity index (χ0v) is 14.0. The van der Waals surface area contributed by atoms with Crippen LogP contribution >= 0.6 is 11.6 Å². The lowest BCUT2D eigenvalue weighted by atomic mass is 10.2. The number of benzene rings is 1. The predicted molar refractivity (Wildman–Crippen MR) is 88.7 cm³/mol. The second kappa shape index (κ2) is 7.02. The number of halogens is 1. The minimum absolute atomic E-state index is 0.0111. The van der Waals surface area contributed by atoms with Crippen LogP contribution < -0.4 is 10.6 Å². The third kappa shape index (κ3) is 4.47. The van der Waals surface area contributed by atoms with Crippen molar-refractivity contribution in [1.82, 2.24) is 5.32 Å². The summed E-state index contributed by atoms with van der Waals surface area (Å²) < 4.78 is 22.8. The molecule has 1 aromatic carbocycles. The van der Waals surface area contributed by atoms with Gasteiger partial charge in [0.05, 0.1) is 11.5 Å². The molecule has 2 rings (SSSR count). The average Bonchev–Trinajstić information content (AvgIpc) is 2.84. The first-order valence-electron chi connectivity index (χ1n) is 6.95. The molecule has 23 heavy (non-hydrogen) atoms. The first-order valence-corrected chi connectivity index (χ1v) is 9.15. The Hall–Kier alpha value is -2.04. The smallest absolute Gasteiger partial charge is 0.267 e. The first-order chi connectivity index (χ1) is 10.8. The average molecular weight is 354 g/mol. The first kappa shape index (κ1) is 17.3. The van der Waals surface area contributed by atoms with E-state index < -0.39 is 15.7 Å². The van der Waals surface area contributed by atoms with Crippen LogP contribution in [0.4, 0.5) is 5.69 Å². The minimum atomic E-state index is -3.02. The monoisotopic (exact) mass is 353 g/mol. The highest BCUT2D eigenvalue weighted by Gasteiger charge is 2.27. The molecule has 0 spiro atoms. The van der Waals surface area contributed by atoms with Crippen molar-refractivity contribution in [3.8, 4) is 6.07 Å². The van der Waals surface area contributed by atoms with Crippen molar-refractivity contribution in [2.24, 2.45) is 0 Å². The van der Waals surface area contributed by atoms with Crippen molar-refractivity contribution < 1.29 is 13.2 Å². The van der Waals surface area contributed by atoms with Crippen molar-refractivity contribution in [1.29, 1.82) is 5.26 Å². The van der Waals surface area contributed by atoms with E-state index in [9.17, 15) is 13.2 Å². The van der Waals surface area contributed by atoms with E-state index in [-0.39, 0.29) is 23.1 Å². The highest BCUT2D eigenvalue weighted by atomic mass is 35.5. The summed E-state index contributed by atoms with van der Waals surface area (Å²) in [7, 11) is -3.02. The van der Waals surface area contributed by atoms with E-state index in [2.05, 4.69) is 10.6 Å². The molecule has 8 heteroatoms. The van der Waals surface area contributed by atoms with Gasteiger partial charge < -0.3 is 10.6 Å². The normalized spacial score (nSPS) is 19.9. The Labute approximate surface area is 140 Å². The number of nitriles is 1. The molecule has 0 saturated carbocycles. The van der Waals surface area contributed by atoms with Crippen LogP contribution in [0.15, 0.2) is 30.0 Å². The maximum absolute atomic E-state index is 12.1. The standard InChI is InChI=1S/C15H16ClN3O3S/c1-10-13(16)3-2-4-14(10)19-15(20)11(7-17)8-18-12-5-6-23(21,22)9-12/h2-4,8,12,18H,5-6,9H2,1H3,(H,19,20)/b11-8-. The molecule has 0 aromatic heterocycles. The van der Waals surface area contributed by atoms with Crippen LogP contribution in [0.25, 0.3) is 0 Å². The molecule has 0 aliphatic carbocycles. The van der Waals surface area contributed by atoms with Gasteiger partial charge in [-0.2, -0.15) is 5.26 Å². The third-order valence-electron chi connectivity index (χ3n) is 3.58. The fourth-order valence-corrected chi connectivity index (χ4v) is 4.07. The van der Waals surface area contributed by atoms with Gasteiger partial charge in [0.25, 0.3) is 5.91 Å². The van der Waals surface area contributed by atoms with Gasteiger partial charge in [-0.3, -0.25) is 4.79 Å². The zero-order chi connectivity index (χ0) is 17.0. The number of carbonyl (C=O) groups excluding carboxylic acids is 1. The van der Waals surface area contributed by atoms with E-state index in [1.807, 2.05) is 0 Å². The Bertz CT molecular complexity index is 797. The Morgan fingerprint density at radius 3 is 2.83 bits per heavy atom. The molecule has 1 aliphatic heterocycles. The molecule has 1 saturated heterocycles. The summed E-state index contributed by atoms with van der Waals surface area (Å²) >= 11 is 5.98. The molecule has 6 nitrogen and oxygen atoms in total. The Balaban J connectivity index is 2.05. The second-order valence-electron chi connectivity index (χ2n) is 5.30. The number of nitrogens with zero attached hydrogens (tertiary/aromatic N) is 1. The van der Waals surface area contributed by atoms with Gasteiger partial charge in [0, 0.05) is 23.0 Å².